The van der Waals surface area contributed by atoms with Gasteiger partial charge in [-0.2, -0.15) is 0 Å². The Morgan fingerprint density at radius 1 is 1.29 bits per heavy atom. The van der Waals surface area contributed by atoms with Gasteiger partial charge in [-0.15, -0.1) is 0 Å². The Bertz CT molecular complexity index is 464. The van der Waals surface area contributed by atoms with Gasteiger partial charge >= 0.3 is 6.09 Å². The van der Waals surface area contributed by atoms with Gasteiger partial charge < -0.3 is 15.6 Å². The maximum atomic E-state index is 11.7. The second-order valence-corrected chi connectivity index (χ2v) is 4.87. The molecule has 6 nitrogen and oxygen atoms in total. The Morgan fingerprint density at radius 3 is 2.52 bits per heavy atom. The zero-order chi connectivity index (χ0) is 15.7. The second kappa shape index (κ2) is 8.26. The van der Waals surface area contributed by atoms with E-state index in [1.165, 1.54) is 0 Å². The minimum Gasteiger partial charge on any atom is -0.445 e. The van der Waals surface area contributed by atoms with E-state index in [-0.39, 0.29) is 13.0 Å². The van der Waals surface area contributed by atoms with Crippen LogP contribution >= 0.6 is 0 Å². The number of hydrogen-bond acceptors (Lipinski definition) is 4. The Morgan fingerprint density at radius 2 is 1.95 bits per heavy atom. The van der Waals surface area contributed by atoms with Gasteiger partial charge in [0, 0.05) is 6.42 Å². The van der Waals surface area contributed by atoms with Crippen molar-refractivity contribution in [2.75, 3.05) is 0 Å². The summed E-state index contributed by atoms with van der Waals surface area (Å²) in [7, 11) is 0. The fourth-order valence-electron chi connectivity index (χ4n) is 1.81. The second-order valence-electron chi connectivity index (χ2n) is 4.87. The van der Waals surface area contributed by atoms with Gasteiger partial charge in [-0.3, -0.25) is 10.1 Å². The standard InChI is InChI=1S/C15H22N2O4/c1-2-3-7-10-15(20,13(16)18)17-14(19)21-11-12-8-5-4-6-9-12/h4-6,8-9,20H,2-3,7,10-11H2,1H3,(H2,16,18)(H,17,19)/t15-/m0/s1. The first-order chi connectivity index (χ1) is 9.98. The highest BCUT2D eigenvalue weighted by atomic mass is 16.6. The van der Waals surface area contributed by atoms with E-state index in [4.69, 9.17) is 10.5 Å². The van der Waals surface area contributed by atoms with Crippen LogP contribution in [0.25, 0.3) is 0 Å². The third kappa shape index (κ3) is 5.83. The monoisotopic (exact) mass is 294 g/mol. The molecule has 0 unspecified atom stereocenters. The zero-order valence-electron chi connectivity index (χ0n) is 12.2. The summed E-state index contributed by atoms with van der Waals surface area (Å²) in [6, 6.07) is 9.09. The summed E-state index contributed by atoms with van der Waals surface area (Å²) in [5, 5.41) is 12.2. The molecule has 2 amide bonds. The first-order valence-electron chi connectivity index (χ1n) is 6.99. The molecule has 0 bridgehead atoms. The maximum Gasteiger partial charge on any atom is 0.410 e. The molecule has 0 fully saturated rings. The largest absolute Gasteiger partial charge is 0.445 e. The van der Waals surface area contributed by atoms with Crippen LogP contribution in [0.4, 0.5) is 4.79 Å². The fraction of sp³-hybridized carbons (Fsp3) is 0.467. The van der Waals surface area contributed by atoms with Crippen molar-refractivity contribution < 1.29 is 19.4 Å². The smallest absolute Gasteiger partial charge is 0.410 e. The zero-order valence-corrected chi connectivity index (χ0v) is 12.2. The van der Waals surface area contributed by atoms with E-state index in [0.717, 1.165) is 18.4 Å². The van der Waals surface area contributed by atoms with Crippen molar-refractivity contribution in [2.45, 2.75) is 44.9 Å². The Hall–Kier alpha value is -2.08. The van der Waals surface area contributed by atoms with Crippen molar-refractivity contribution in [3.8, 4) is 0 Å². The quantitative estimate of drug-likeness (QED) is 0.501. The number of amides is 2. The first kappa shape index (κ1) is 17.0. The van der Waals surface area contributed by atoms with Crippen LogP contribution in [-0.2, 0) is 16.1 Å². The number of carbonyl (C=O) groups is 2. The molecule has 1 aromatic rings. The summed E-state index contributed by atoms with van der Waals surface area (Å²) in [5.41, 5.74) is 3.89. The lowest BCUT2D eigenvalue weighted by Gasteiger charge is -2.25. The first-order valence-corrected chi connectivity index (χ1v) is 6.99. The van der Waals surface area contributed by atoms with Crippen molar-refractivity contribution in [1.82, 2.24) is 5.32 Å². The van der Waals surface area contributed by atoms with Gasteiger partial charge in [0.25, 0.3) is 5.91 Å². The van der Waals surface area contributed by atoms with Crippen molar-refractivity contribution >= 4 is 12.0 Å². The topological polar surface area (TPSA) is 102 Å². The summed E-state index contributed by atoms with van der Waals surface area (Å²) in [6.07, 6.45) is 1.52. The SMILES string of the molecule is CCCCC[C@@](O)(NC(=O)OCc1ccccc1)C(N)=O. The minimum atomic E-state index is -2.07. The molecule has 0 aliphatic carbocycles. The van der Waals surface area contributed by atoms with Crippen molar-refractivity contribution in [1.29, 1.82) is 0 Å². The molecule has 21 heavy (non-hydrogen) atoms. The van der Waals surface area contributed by atoms with E-state index in [1.807, 2.05) is 25.1 Å². The molecular weight excluding hydrogens is 272 g/mol. The molecule has 0 radical (unpaired) electrons. The highest BCUT2D eigenvalue weighted by Crippen LogP contribution is 2.12. The number of nitrogens with two attached hydrogens (primary N) is 1. The average Bonchev–Trinajstić information content (AvgIpc) is 2.46. The van der Waals surface area contributed by atoms with E-state index < -0.39 is 17.7 Å². The summed E-state index contributed by atoms with van der Waals surface area (Å²) < 4.78 is 4.96. The van der Waals surface area contributed by atoms with Gasteiger partial charge in [-0.25, -0.2) is 4.79 Å². The van der Waals surface area contributed by atoms with Crippen LogP contribution in [0.1, 0.15) is 38.2 Å². The lowest BCUT2D eigenvalue weighted by Crippen LogP contribution is -2.57. The van der Waals surface area contributed by atoms with Crippen molar-refractivity contribution in [2.24, 2.45) is 5.73 Å². The molecule has 4 N–H and O–H groups in total. The van der Waals surface area contributed by atoms with E-state index in [9.17, 15) is 14.7 Å². The lowest BCUT2D eigenvalue weighted by atomic mass is 10.0. The molecule has 1 aromatic carbocycles. The molecule has 116 valence electrons. The Balaban J connectivity index is 2.50. The molecule has 0 spiro atoms. The summed E-state index contributed by atoms with van der Waals surface area (Å²) in [4.78, 5) is 23.0. The molecule has 0 heterocycles. The van der Waals surface area contributed by atoms with E-state index in [1.54, 1.807) is 12.1 Å². The van der Waals surface area contributed by atoms with Gasteiger partial charge in [-0.1, -0.05) is 50.1 Å². The number of unbranched alkanes of at least 4 members (excludes halogenated alkanes) is 2. The molecule has 0 aliphatic heterocycles. The highest BCUT2D eigenvalue weighted by molar-refractivity contribution is 5.86. The third-order valence-corrected chi connectivity index (χ3v) is 3.07. The predicted molar refractivity (Wildman–Crippen MR) is 78.0 cm³/mol. The van der Waals surface area contributed by atoms with Crippen LogP contribution < -0.4 is 11.1 Å². The van der Waals surface area contributed by atoms with Crippen LogP contribution in [0, 0.1) is 0 Å². The van der Waals surface area contributed by atoms with Crippen LogP contribution in [0.2, 0.25) is 0 Å². The van der Waals surface area contributed by atoms with E-state index in [2.05, 4.69) is 5.32 Å². The number of ether oxygens (including phenoxy) is 1. The van der Waals surface area contributed by atoms with Crippen LogP contribution in [0.5, 0.6) is 0 Å². The van der Waals surface area contributed by atoms with Gasteiger partial charge in [0.05, 0.1) is 0 Å². The predicted octanol–water partition coefficient (Wildman–Crippen LogP) is 1.67. The fourth-order valence-corrected chi connectivity index (χ4v) is 1.81. The summed E-state index contributed by atoms with van der Waals surface area (Å²) in [5.74, 6) is -0.990. The molecule has 0 aliphatic rings. The van der Waals surface area contributed by atoms with Crippen LogP contribution in [0.15, 0.2) is 30.3 Å². The number of aliphatic hydroxyl groups is 1. The summed E-state index contributed by atoms with van der Waals surface area (Å²) in [6.45, 7) is 2.04. The van der Waals surface area contributed by atoms with Gasteiger partial charge in [0.2, 0.25) is 5.72 Å². The number of carbonyl (C=O) groups excluding carboxylic acids is 2. The normalized spacial score (nSPS) is 13.2. The number of benzene rings is 1. The minimum absolute atomic E-state index is 0.0521. The number of hydrogen-bond donors (Lipinski definition) is 3. The van der Waals surface area contributed by atoms with E-state index >= 15 is 0 Å². The van der Waals surface area contributed by atoms with Gasteiger partial charge in [0.1, 0.15) is 6.61 Å². The molecule has 6 heteroatoms. The summed E-state index contributed by atoms with van der Waals surface area (Å²) >= 11 is 0. The van der Waals surface area contributed by atoms with E-state index in [0.29, 0.717) is 6.42 Å². The van der Waals surface area contributed by atoms with Gasteiger partial charge in [-0.05, 0) is 12.0 Å². The molecule has 1 atom stereocenters. The number of rotatable bonds is 8. The van der Waals surface area contributed by atoms with Crippen LogP contribution in [-0.4, -0.2) is 22.8 Å². The third-order valence-electron chi connectivity index (χ3n) is 3.07. The van der Waals surface area contributed by atoms with Crippen molar-refractivity contribution in [3.05, 3.63) is 35.9 Å². The maximum absolute atomic E-state index is 11.7. The molecule has 0 saturated carbocycles. The highest BCUT2D eigenvalue weighted by Gasteiger charge is 2.35. The van der Waals surface area contributed by atoms with Gasteiger partial charge in [0.15, 0.2) is 0 Å². The molecule has 0 saturated heterocycles. The molecule has 0 aromatic heterocycles. The van der Waals surface area contributed by atoms with Crippen LogP contribution in [0.3, 0.4) is 0 Å². The molecular formula is C15H22N2O4. The molecule has 1 rings (SSSR count). The number of alkyl carbamates (subject to hydrolysis) is 1. The Labute approximate surface area is 124 Å². The van der Waals surface area contributed by atoms with Crippen molar-refractivity contribution in [3.63, 3.8) is 0 Å². The Kier molecular flexibility index (Phi) is 6.68. The lowest BCUT2D eigenvalue weighted by molar-refractivity contribution is -0.140. The number of primary amides is 1. The number of nitrogens with one attached hydrogen (secondary N) is 1. The average molecular weight is 294 g/mol.